The Kier molecular flexibility index (Phi) is 8.47. The molecule has 4 nitrogen and oxygen atoms in total. The fraction of sp³-hybridized carbons (Fsp3) is 0.667. The van der Waals surface area contributed by atoms with Crippen molar-refractivity contribution >= 4 is 15.9 Å². The number of rotatable bonds is 7. The largest absolute Gasteiger partial charge is 0.382 e. The Bertz CT molecular complexity index is 820. The Hall–Kier alpha value is -1.17. The molecule has 3 aliphatic rings. The van der Waals surface area contributed by atoms with Gasteiger partial charge in [-0.05, 0) is 104 Å². The van der Waals surface area contributed by atoms with Crippen LogP contribution in [0.2, 0.25) is 0 Å². The van der Waals surface area contributed by atoms with Gasteiger partial charge < -0.3 is 15.4 Å². The van der Waals surface area contributed by atoms with Gasteiger partial charge in [0.1, 0.15) is 0 Å². The zero-order valence-electron chi connectivity index (χ0n) is 19.9. The maximum Gasteiger partial charge on any atom is 0.0514 e. The van der Waals surface area contributed by atoms with Gasteiger partial charge in [-0.1, -0.05) is 25.3 Å². The Balaban J connectivity index is 1.45. The van der Waals surface area contributed by atoms with E-state index in [0.29, 0.717) is 6.04 Å². The van der Waals surface area contributed by atoms with Crippen molar-refractivity contribution in [1.82, 2.24) is 15.6 Å². The van der Waals surface area contributed by atoms with E-state index >= 15 is 0 Å². The van der Waals surface area contributed by atoms with Gasteiger partial charge in [-0.25, -0.2) is 0 Å². The molecule has 0 aromatic carbocycles. The Morgan fingerprint density at radius 1 is 1.16 bits per heavy atom. The van der Waals surface area contributed by atoms with Crippen molar-refractivity contribution < 1.29 is 4.74 Å². The van der Waals surface area contributed by atoms with Gasteiger partial charge in [-0.15, -0.1) is 0 Å². The SMILES string of the molecule is Cc1ncc(CNCC[C@]2(C3=CC=C(C4CCC4)C(C)N3)CCCCCOCC2)cc1Br. The summed E-state index contributed by atoms with van der Waals surface area (Å²) in [4.78, 5) is 4.48. The van der Waals surface area contributed by atoms with Crippen molar-refractivity contribution in [2.75, 3.05) is 19.8 Å². The summed E-state index contributed by atoms with van der Waals surface area (Å²) in [5.74, 6) is 0.805. The molecule has 0 radical (unpaired) electrons. The fourth-order valence-corrected chi connectivity index (χ4v) is 5.84. The normalized spacial score (nSPS) is 27.3. The molecule has 0 spiro atoms. The molecular formula is C27H40BrN3O. The fourth-order valence-electron chi connectivity index (χ4n) is 5.45. The van der Waals surface area contributed by atoms with E-state index in [4.69, 9.17) is 4.74 Å². The number of nitrogens with zero attached hydrogens (tertiary/aromatic N) is 1. The second kappa shape index (κ2) is 11.3. The average molecular weight is 503 g/mol. The zero-order chi connectivity index (χ0) is 22.4. The van der Waals surface area contributed by atoms with Crippen LogP contribution in [0.4, 0.5) is 0 Å². The molecule has 1 unspecified atom stereocenters. The predicted molar refractivity (Wildman–Crippen MR) is 135 cm³/mol. The number of halogens is 1. The number of hydrogen-bond donors (Lipinski definition) is 2. The van der Waals surface area contributed by atoms with E-state index in [2.05, 4.69) is 56.7 Å². The van der Waals surface area contributed by atoms with Gasteiger partial charge in [0.05, 0.1) is 5.69 Å². The molecule has 176 valence electrons. The molecule has 3 heterocycles. The molecule has 1 aromatic rings. The topological polar surface area (TPSA) is 46.2 Å². The monoisotopic (exact) mass is 501 g/mol. The highest BCUT2D eigenvalue weighted by Gasteiger charge is 2.37. The van der Waals surface area contributed by atoms with Gasteiger partial charge in [0.25, 0.3) is 0 Å². The minimum Gasteiger partial charge on any atom is -0.382 e. The summed E-state index contributed by atoms with van der Waals surface area (Å²) in [6, 6.07) is 2.63. The summed E-state index contributed by atoms with van der Waals surface area (Å²) in [5, 5.41) is 7.66. The third-order valence-electron chi connectivity index (χ3n) is 7.82. The minimum atomic E-state index is 0.166. The number of hydrogen-bond acceptors (Lipinski definition) is 4. The first-order valence-corrected chi connectivity index (χ1v) is 13.4. The minimum absolute atomic E-state index is 0.166. The van der Waals surface area contributed by atoms with Crippen molar-refractivity contribution in [2.24, 2.45) is 11.3 Å². The van der Waals surface area contributed by atoms with Crippen LogP contribution < -0.4 is 10.6 Å². The molecule has 1 aromatic heterocycles. The molecule has 5 heteroatoms. The molecule has 1 saturated carbocycles. The van der Waals surface area contributed by atoms with Crippen LogP contribution in [-0.4, -0.2) is 30.8 Å². The van der Waals surface area contributed by atoms with Gasteiger partial charge in [0, 0.05) is 47.6 Å². The Morgan fingerprint density at radius 2 is 2.03 bits per heavy atom. The van der Waals surface area contributed by atoms with E-state index in [-0.39, 0.29) is 5.41 Å². The van der Waals surface area contributed by atoms with Crippen molar-refractivity contribution in [3.8, 4) is 0 Å². The van der Waals surface area contributed by atoms with Gasteiger partial charge >= 0.3 is 0 Å². The lowest BCUT2D eigenvalue weighted by Crippen LogP contribution is -2.42. The maximum absolute atomic E-state index is 6.01. The first kappa shape index (κ1) is 24.0. The second-order valence-corrected chi connectivity index (χ2v) is 10.9. The summed E-state index contributed by atoms with van der Waals surface area (Å²) in [6.45, 7) is 8.02. The molecule has 1 saturated heterocycles. The average Bonchev–Trinajstić information content (AvgIpc) is 2.87. The molecular weight excluding hydrogens is 462 g/mol. The van der Waals surface area contributed by atoms with Crippen LogP contribution in [0.1, 0.15) is 76.0 Å². The van der Waals surface area contributed by atoms with Gasteiger partial charge in [-0.3, -0.25) is 4.98 Å². The Labute approximate surface area is 202 Å². The van der Waals surface area contributed by atoms with Crippen LogP contribution in [-0.2, 0) is 11.3 Å². The molecule has 0 bridgehead atoms. The van der Waals surface area contributed by atoms with Gasteiger partial charge in [-0.2, -0.15) is 0 Å². The molecule has 1 aliphatic carbocycles. The van der Waals surface area contributed by atoms with Gasteiger partial charge in [0.15, 0.2) is 0 Å². The Morgan fingerprint density at radius 3 is 2.78 bits per heavy atom. The van der Waals surface area contributed by atoms with Crippen LogP contribution in [0.25, 0.3) is 0 Å². The molecule has 2 aliphatic heterocycles. The highest BCUT2D eigenvalue weighted by Crippen LogP contribution is 2.43. The van der Waals surface area contributed by atoms with E-state index in [0.717, 1.165) is 55.2 Å². The van der Waals surface area contributed by atoms with Crippen molar-refractivity contribution in [3.05, 3.63) is 51.4 Å². The first-order valence-electron chi connectivity index (χ1n) is 12.7. The molecule has 32 heavy (non-hydrogen) atoms. The summed E-state index contributed by atoms with van der Waals surface area (Å²) in [7, 11) is 0. The lowest BCUT2D eigenvalue weighted by molar-refractivity contribution is 0.102. The third kappa shape index (κ3) is 5.84. The highest BCUT2D eigenvalue weighted by atomic mass is 79.9. The van der Waals surface area contributed by atoms with Crippen LogP contribution in [0.15, 0.2) is 40.2 Å². The third-order valence-corrected chi connectivity index (χ3v) is 8.63. The number of pyridine rings is 1. The molecule has 0 amide bonds. The number of nitrogens with one attached hydrogen (secondary N) is 2. The zero-order valence-corrected chi connectivity index (χ0v) is 21.5. The van der Waals surface area contributed by atoms with E-state index in [1.54, 1.807) is 5.57 Å². The highest BCUT2D eigenvalue weighted by molar-refractivity contribution is 9.10. The van der Waals surface area contributed by atoms with Crippen LogP contribution in [0.5, 0.6) is 0 Å². The summed E-state index contributed by atoms with van der Waals surface area (Å²) in [5.41, 5.74) is 5.49. The lowest BCUT2D eigenvalue weighted by atomic mass is 9.71. The number of dihydropyridines is 1. The second-order valence-electron chi connectivity index (χ2n) is 10.0. The summed E-state index contributed by atoms with van der Waals surface area (Å²) < 4.78 is 7.09. The van der Waals surface area contributed by atoms with E-state index in [1.165, 1.54) is 56.2 Å². The van der Waals surface area contributed by atoms with Crippen LogP contribution in [0.3, 0.4) is 0 Å². The van der Waals surface area contributed by atoms with E-state index in [1.807, 2.05) is 13.1 Å². The number of ether oxygens (including phenoxy) is 1. The van der Waals surface area contributed by atoms with Crippen molar-refractivity contribution in [3.63, 3.8) is 0 Å². The number of allylic oxidation sites excluding steroid dienone is 3. The molecule has 4 rings (SSSR count). The molecule has 2 N–H and O–H groups in total. The first-order chi connectivity index (χ1) is 15.6. The lowest BCUT2D eigenvalue weighted by Gasteiger charge is -2.42. The standard InChI is InChI=1S/C27H40BrN3O/c1-20-24(23-7-6-8-23)9-10-26(31-20)27(11-4-3-5-15-32-16-13-27)12-14-29-18-22-17-25(28)21(2)30-19-22/h9-10,17,19-20,23,29,31H,3-8,11-16,18H2,1-2H3/t20?,27-/m1/s1. The summed E-state index contributed by atoms with van der Waals surface area (Å²) in [6.07, 6.45) is 18.2. The number of aryl methyl sites for hydroxylation is 1. The van der Waals surface area contributed by atoms with E-state index < -0.39 is 0 Å². The van der Waals surface area contributed by atoms with Crippen LogP contribution >= 0.6 is 15.9 Å². The quantitative estimate of drug-likeness (QED) is 0.436. The smallest absolute Gasteiger partial charge is 0.0514 e. The van der Waals surface area contributed by atoms with E-state index in [9.17, 15) is 0 Å². The van der Waals surface area contributed by atoms with Crippen molar-refractivity contribution in [2.45, 2.75) is 84.2 Å². The predicted octanol–water partition coefficient (Wildman–Crippen LogP) is 6.20. The summed E-state index contributed by atoms with van der Waals surface area (Å²) >= 11 is 3.61. The van der Waals surface area contributed by atoms with Gasteiger partial charge in [0.2, 0.25) is 0 Å². The molecule has 2 fully saturated rings. The van der Waals surface area contributed by atoms with Crippen molar-refractivity contribution in [1.29, 1.82) is 0 Å². The maximum atomic E-state index is 6.01. The number of aromatic nitrogens is 1. The van der Waals surface area contributed by atoms with Crippen LogP contribution in [0, 0.1) is 18.3 Å². The molecule has 2 atom stereocenters.